The van der Waals surface area contributed by atoms with Gasteiger partial charge in [0.05, 0.1) is 12.2 Å². The summed E-state index contributed by atoms with van der Waals surface area (Å²) in [6.07, 6.45) is 3.03. The van der Waals surface area contributed by atoms with Crippen molar-refractivity contribution in [2.45, 2.75) is 20.4 Å². The second kappa shape index (κ2) is 5.41. The molecule has 0 atom stereocenters. The molecule has 16 heavy (non-hydrogen) atoms. The SMILES string of the molecule is C/C=C/C(=O)NCc1nc(C)c(C(=O)O)s1. The minimum Gasteiger partial charge on any atom is -0.477 e. The molecule has 1 amide bonds. The lowest BCUT2D eigenvalue weighted by Crippen LogP contribution is -2.20. The summed E-state index contributed by atoms with van der Waals surface area (Å²) in [5, 5.41) is 12.0. The quantitative estimate of drug-likeness (QED) is 0.778. The van der Waals surface area contributed by atoms with Crippen LogP contribution in [-0.4, -0.2) is 22.0 Å². The average Bonchev–Trinajstić information content (AvgIpc) is 2.57. The number of carbonyl (C=O) groups excluding carboxylic acids is 1. The fourth-order valence-electron chi connectivity index (χ4n) is 1.10. The van der Waals surface area contributed by atoms with E-state index in [1.807, 2.05) is 0 Å². The highest BCUT2D eigenvalue weighted by molar-refractivity contribution is 7.13. The molecule has 0 unspecified atom stereocenters. The third-order valence-electron chi connectivity index (χ3n) is 1.77. The van der Waals surface area contributed by atoms with Crippen molar-refractivity contribution in [3.63, 3.8) is 0 Å². The van der Waals surface area contributed by atoms with Crippen LogP contribution in [0, 0.1) is 6.92 Å². The summed E-state index contributed by atoms with van der Waals surface area (Å²) >= 11 is 1.08. The number of aromatic carboxylic acids is 1. The first-order valence-corrected chi connectivity index (χ1v) is 5.46. The Morgan fingerprint density at radius 3 is 2.75 bits per heavy atom. The number of carbonyl (C=O) groups is 2. The molecule has 86 valence electrons. The summed E-state index contributed by atoms with van der Waals surface area (Å²) in [5.74, 6) is -1.20. The van der Waals surface area contributed by atoms with Crippen molar-refractivity contribution in [3.8, 4) is 0 Å². The van der Waals surface area contributed by atoms with E-state index in [9.17, 15) is 9.59 Å². The monoisotopic (exact) mass is 240 g/mol. The summed E-state index contributed by atoms with van der Waals surface area (Å²) in [5.41, 5.74) is 0.479. The molecule has 0 spiro atoms. The van der Waals surface area contributed by atoms with Gasteiger partial charge in [0.15, 0.2) is 0 Å². The summed E-state index contributed by atoms with van der Waals surface area (Å²) in [7, 11) is 0. The third-order valence-corrected chi connectivity index (χ3v) is 2.91. The van der Waals surface area contributed by atoms with E-state index in [1.54, 1.807) is 19.9 Å². The predicted octanol–water partition coefficient (Wildman–Crippen LogP) is 1.34. The van der Waals surface area contributed by atoms with Gasteiger partial charge in [-0.2, -0.15) is 0 Å². The Morgan fingerprint density at radius 2 is 2.25 bits per heavy atom. The summed E-state index contributed by atoms with van der Waals surface area (Å²) in [4.78, 5) is 26.1. The van der Waals surface area contributed by atoms with E-state index < -0.39 is 5.97 Å². The zero-order valence-electron chi connectivity index (χ0n) is 8.98. The van der Waals surface area contributed by atoms with Gasteiger partial charge in [-0.15, -0.1) is 11.3 Å². The van der Waals surface area contributed by atoms with E-state index >= 15 is 0 Å². The molecule has 5 nitrogen and oxygen atoms in total. The van der Waals surface area contributed by atoms with Crippen LogP contribution in [0.1, 0.15) is 27.3 Å². The van der Waals surface area contributed by atoms with Crippen LogP contribution in [0.2, 0.25) is 0 Å². The van der Waals surface area contributed by atoms with E-state index in [2.05, 4.69) is 10.3 Å². The zero-order chi connectivity index (χ0) is 12.1. The molecule has 0 bridgehead atoms. The Morgan fingerprint density at radius 1 is 1.56 bits per heavy atom. The van der Waals surface area contributed by atoms with Crippen molar-refractivity contribution < 1.29 is 14.7 Å². The predicted molar refractivity (Wildman–Crippen MR) is 60.5 cm³/mol. The van der Waals surface area contributed by atoms with Gasteiger partial charge in [0.2, 0.25) is 5.91 Å². The lowest BCUT2D eigenvalue weighted by Gasteiger charge is -1.96. The number of hydrogen-bond acceptors (Lipinski definition) is 4. The Balaban J connectivity index is 2.65. The molecule has 1 aromatic rings. The van der Waals surface area contributed by atoms with Crippen molar-refractivity contribution in [3.05, 3.63) is 27.7 Å². The topological polar surface area (TPSA) is 79.3 Å². The number of nitrogens with zero attached hydrogens (tertiary/aromatic N) is 1. The number of carboxylic acids is 1. The maximum atomic E-state index is 11.1. The fourth-order valence-corrected chi connectivity index (χ4v) is 1.94. The van der Waals surface area contributed by atoms with Crippen LogP contribution in [0.15, 0.2) is 12.2 Å². The van der Waals surface area contributed by atoms with Gasteiger partial charge >= 0.3 is 5.97 Å². The molecule has 1 heterocycles. The summed E-state index contributed by atoms with van der Waals surface area (Å²) in [6, 6.07) is 0. The largest absolute Gasteiger partial charge is 0.477 e. The molecule has 6 heteroatoms. The first kappa shape index (κ1) is 12.4. The fraction of sp³-hybridized carbons (Fsp3) is 0.300. The third kappa shape index (κ3) is 3.16. The highest BCUT2D eigenvalue weighted by Crippen LogP contribution is 2.17. The van der Waals surface area contributed by atoms with Gasteiger partial charge < -0.3 is 10.4 Å². The number of aromatic nitrogens is 1. The van der Waals surface area contributed by atoms with E-state index in [-0.39, 0.29) is 17.3 Å². The second-order valence-corrected chi connectivity index (χ2v) is 4.13. The number of hydrogen-bond donors (Lipinski definition) is 2. The van der Waals surface area contributed by atoms with E-state index in [4.69, 9.17) is 5.11 Å². The molecular weight excluding hydrogens is 228 g/mol. The van der Waals surface area contributed by atoms with Gasteiger partial charge in [0, 0.05) is 0 Å². The van der Waals surface area contributed by atoms with Crippen LogP contribution in [0.5, 0.6) is 0 Å². The smallest absolute Gasteiger partial charge is 0.347 e. The van der Waals surface area contributed by atoms with Crippen molar-refractivity contribution in [1.82, 2.24) is 10.3 Å². The molecule has 0 aromatic carbocycles. The molecule has 0 saturated heterocycles. The average molecular weight is 240 g/mol. The Labute approximate surface area is 96.8 Å². The van der Waals surface area contributed by atoms with Crippen molar-refractivity contribution in [2.24, 2.45) is 0 Å². The van der Waals surface area contributed by atoms with E-state index in [1.165, 1.54) is 6.08 Å². The normalized spacial score (nSPS) is 10.6. The van der Waals surface area contributed by atoms with Crippen LogP contribution in [-0.2, 0) is 11.3 Å². The Bertz CT molecular complexity index is 437. The number of allylic oxidation sites excluding steroid dienone is 1. The standard InChI is InChI=1S/C10H12N2O3S/c1-3-4-7(13)11-5-8-12-6(2)9(16-8)10(14)15/h3-4H,5H2,1-2H3,(H,11,13)(H,14,15)/b4-3+. The van der Waals surface area contributed by atoms with Crippen molar-refractivity contribution in [2.75, 3.05) is 0 Å². The summed E-state index contributed by atoms with van der Waals surface area (Å²) < 4.78 is 0. The van der Waals surface area contributed by atoms with Crippen LogP contribution in [0.4, 0.5) is 0 Å². The van der Waals surface area contributed by atoms with Gasteiger partial charge in [-0.1, -0.05) is 6.08 Å². The van der Waals surface area contributed by atoms with Gasteiger partial charge in [-0.05, 0) is 19.9 Å². The van der Waals surface area contributed by atoms with E-state index in [0.29, 0.717) is 10.7 Å². The number of amides is 1. The van der Waals surface area contributed by atoms with Crippen LogP contribution >= 0.6 is 11.3 Å². The molecule has 0 aliphatic carbocycles. The molecule has 0 radical (unpaired) electrons. The summed E-state index contributed by atoms with van der Waals surface area (Å²) in [6.45, 7) is 3.63. The molecule has 1 rings (SSSR count). The van der Waals surface area contributed by atoms with Crippen LogP contribution < -0.4 is 5.32 Å². The van der Waals surface area contributed by atoms with Crippen molar-refractivity contribution in [1.29, 1.82) is 0 Å². The molecule has 1 aromatic heterocycles. The number of rotatable bonds is 4. The molecule has 0 aliphatic rings. The van der Waals surface area contributed by atoms with Crippen LogP contribution in [0.25, 0.3) is 0 Å². The minimum atomic E-state index is -0.985. The Hall–Kier alpha value is -1.69. The maximum absolute atomic E-state index is 11.1. The van der Waals surface area contributed by atoms with Crippen LogP contribution in [0.3, 0.4) is 0 Å². The number of aryl methyl sites for hydroxylation is 1. The molecular formula is C10H12N2O3S. The second-order valence-electron chi connectivity index (χ2n) is 3.05. The zero-order valence-corrected chi connectivity index (χ0v) is 9.80. The highest BCUT2D eigenvalue weighted by atomic mass is 32.1. The Kier molecular flexibility index (Phi) is 4.19. The van der Waals surface area contributed by atoms with Crippen molar-refractivity contribution >= 4 is 23.2 Å². The molecule has 0 aliphatic heterocycles. The number of carboxylic acid groups (broad SMARTS) is 1. The van der Waals surface area contributed by atoms with Gasteiger partial charge in [0.1, 0.15) is 9.88 Å². The van der Waals surface area contributed by atoms with Gasteiger partial charge in [-0.3, -0.25) is 4.79 Å². The highest BCUT2D eigenvalue weighted by Gasteiger charge is 2.13. The van der Waals surface area contributed by atoms with Gasteiger partial charge in [-0.25, -0.2) is 9.78 Å². The number of thiazole rings is 1. The number of nitrogens with one attached hydrogen (secondary N) is 1. The first-order valence-electron chi connectivity index (χ1n) is 4.64. The lowest BCUT2D eigenvalue weighted by atomic mass is 10.4. The molecule has 2 N–H and O–H groups in total. The first-order chi connectivity index (χ1) is 7.54. The molecule has 0 saturated carbocycles. The lowest BCUT2D eigenvalue weighted by molar-refractivity contribution is -0.116. The van der Waals surface area contributed by atoms with E-state index in [0.717, 1.165) is 11.3 Å². The molecule has 0 fully saturated rings. The maximum Gasteiger partial charge on any atom is 0.347 e. The minimum absolute atomic E-state index is 0.216. The van der Waals surface area contributed by atoms with Gasteiger partial charge in [0.25, 0.3) is 0 Å².